The molecular weight excluding hydrogens is 376 g/mol. The number of Topliss-reactive ketones (excluding diaryl/α,β-unsaturated/α-hetero) is 1. The lowest BCUT2D eigenvalue weighted by Crippen LogP contribution is -3.10. The van der Waals surface area contributed by atoms with Crippen LogP contribution in [0.5, 0.6) is 11.5 Å². The maximum atomic E-state index is 13.0. The summed E-state index contributed by atoms with van der Waals surface area (Å²) in [5.74, 6) is 0.508. The molecule has 1 aromatic heterocycles. The van der Waals surface area contributed by atoms with Gasteiger partial charge in [0.2, 0.25) is 5.78 Å². The van der Waals surface area contributed by atoms with Crippen LogP contribution < -0.4 is 14.7 Å². The summed E-state index contributed by atoms with van der Waals surface area (Å²) >= 11 is 0. The summed E-state index contributed by atoms with van der Waals surface area (Å²) in [6.07, 6.45) is 5.88. The molecule has 2 heterocycles. The van der Waals surface area contributed by atoms with E-state index < -0.39 is 0 Å². The minimum Gasteiger partial charge on any atom is -0.872 e. The molecule has 0 unspecified atom stereocenters. The number of carbonyl (C=O) groups excluding carboxylic acids is 1. The lowest BCUT2D eigenvalue weighted by Gasteiger charge is -2.23. The van der Waals surface area contributed by atoms with E-state index in [2.05, 4.69) is 13.8 Å². The van der Waals surface area contributed by atoms with Crippen LogP contribution >= 0.6 is 0 Å². The van der Waals surface area contributed by atoms with Gasteiger partial charge in [-0.15, -0.1) is 0 Å². The highest BCUT2D eigenvalue weighted by molar-refractivity contribution is 6.15. The molecule has 0 fully saturated rings. The zero-order valence-electron chi connectivity index (χ0n) is 17.8. The van der Waals surface area contributed by atoms with Crippen molar-refractivity contribution in [2.75, 3.05) is 13.1 Å². The van der Waals surface area contributed by atoms with Crippen LogP contribution in [0.1, 0.15) is 48.2 Å². The van der Waals surface area contributed by atoms with Crippen molar-refractivity contribution < 1.29 is 19.5 Å². The number of aromatic nitrogens is 1. The third kappa shape index (κ3) is 3.61. The number of allylic oxidation sites excluding steroid dienone is 1. The smallest absolute Gasteiger partial charge is 0.231 e. The van der Waals surface area contributed by atoms with Crippen molar-refractivity contribution in [1.82, 2.24) is 4.57 Å². The van der Waals surface area contributed by atoms with Crippen LogP contribution in [0.4, 0.5) is 0 Å². The Balaban J connectivity index is 1.71. The quantitative estimate of drug-likeness (QED) is 0.616. The predicted octanol–water partition coefficient (Wildman–Crippen LogP) is 3.07. The number of nitrogens with one attached hydrogen (secondary N) is 1. The molecule has 0 spiro atoms. The average molecular weight is 405 g/mol. The number of hydrogen-bond donors (Lipinski definition) is 1. The number of nitrogens with zero attached hydrogens (tertiary/aromatic N) is 1. The number of fused-ring (bicyclic) bond motifs is 2. The highest BCUT2D eigenvalue weighted by Crippen LogP contribution is 2.38. The fourth-order valence-corrected chi connectivity index (χ4v) is 4.34. The minimum absolute atomic E-state index is 0.0577. The molecule has 3 aromatic rings. The van der Waals surface area contributed by atoms with Crippen LogP contribution in [0.3, 0.4) is 0 Å². The molecule has 1 aliphatic heterocycles. The highest BCUT2D eigenvalue weighted by atomic mass is 16.5. The highest BCUT2D eigenvalue weighted by Gasteiger charge is 2.31. The summed E-state index contributed by atoms with van der Waals surface area (Å²) < 4.78 is 8.07. The second-order valence-electron chi connectivity index (χ2n) is 8.00. The molecule has 0 saturated heterocycles. The van der Waals surface area contributed by atoms with E-state index in [1.807, 2.05) is 42.1 Å². The Labute approximate surface area is 177 Å². The number of para-hydroxylation sites is 1. The number of rotatable bonds is 7. The van der Waals surface area contributed by atoms with Crippen molar-refractivity contribution in [3.8, 4) is 11.5 Å². The standard InChI is InChI=1S/C25H28N2O3/c1-4-12-27(13-5-2)16-20-22(28)11-10-19-24(29)23(30-25(19)20)14-17-15-26(3)21-9-7-6-8-18(17)21/h6-11,14-15,28H,4-5,12-13,16H2,1-3H3/b23-14+. The first-order chi connectivity index (χ1) is 14.5. The lowest BCUT2D eigenvalue weighted by atomic mass is 10.0. The van der Waals surface area contributed by atoms with E-state index in [4.69, 9.17) is 4.74 Å². The first-order valence-corrected chi connectivity index (χ1v) is 10.7. The van der Waals surface area contributed by atoms with Gasteiger partial charge >= 0.3 is 0 Å². The van der Waals surface area contributed by atoms with Crippen molar-refractivity contribution in [3.63, 3.8) is 0 Å². The molecule has 0 radical (unpaired) electrons. The Morgan fingerprint density at radius 2 is 1.83 bits per heavy atom. The van der Waals surface area contributed by atoms with Crippen molar-refractivity contribution >= 4 is 22.8 Å². The maximum Gasteiger partial charge on any atom is 0.231 e. The second-order valence-corrected chi connectivity index (χ2v) is 8.00. The van der Waals surface area contributed by atoms with Gasteiger partial charge in [-0.3, -0.25) is 4.79 Å². The summed E-state index contributed by atoms with van der Waals surface area (Å²) in [6, 6.07) is 11.2. The number of ketones is 1. The van der Waals surface area contributed by atoms with E-state index in [-0.39, 0.29) is 17.3 Å². The summed E-state index contributed by atoms with van der Waals surface area (Å²) in [7, 11) is 1.98. The van der Waals surface area contributed by atoms with Crippen LogP contribution in [0, 0.1) is 0 Å². The predicted molar refractivity (Wildman–Crippen MR) is 117 cm³/mol. The molecule has 0 atom stereocenters. The fourth-order valence-electron chi connectivity index (χ4n) is 4.34. The zero-order chi connectivity index (χ0) is 21.3. The van der Waals surface area contributed by atoms with Gasteiger partial charge in [0, 0.05) is 35.3 Å². The minimum atomic E-state index is -0.160. The number of carbonyl (C=O) groups is 1. The van der Waals surface area contributed by atoms with Crippen molar-refractivity contribution in [3.05, 3.63) is 65.0 Å². The summed E-state index contributed by atoms with van der Waals surface area (Å²) in [4.78, 5) is 14.4. The summed E-state index contributed by atoms with van der Waals surface area (Å²) in [5, 5.41) is 13.7. The molecule has 2 aromatic carbocycles. The molecule has 5 nitrogen and oxygen atoms in total. The van der Waals surface area contributed by atoms with Gasteiger partial charge in [0.05, 0.1) is 18.7 Å². The SMILES string of the molecule is CCC[NH+](CCC)Cc1c([O-])ccc2c1O/C(=C/c1cn(C)c3ccccc13)C2=O. The maximum absolute atomic E-state index is 13.0. The molecule has 5 heteroatoms. The van der Waals surface area contributed by atoms with Gasteiger partial charge in [0.1, 0.15) is 12.3 Å². The average Bonchev–Trinajstić information content (AvgIpc) is 3.22. The normalized spacial score (nSPS) is 14.7. The second kappa shape index (κ2) is 8.36. The Morgan fingerprint density at radius 3 is 2.57 bits per heavy atom. The molecule has 0 bridgehead atoms. The Kier molecular flexibility index (Phi) is 5.64. The third-order valence-electron chi connectivity index (χ3n) is 5.75. The van der Waals surface area contributed by atoms with Gasteiger partial charge in [-0.2, -0.15) is 0 Å². The molecule has 1 N–H and O–H groups in total. The Morgan fingerprint density at radius 1 is 1.10 bits per heavy atom. The van der Waals surface area contributed by atoms with Gasteiger partial charge in [0.15, 0.2) is 5.76 Å². The third-order valence-corrected chi connectivity index (χ3v) is 5.75. The molecule has 0 aliphatic carbocycles. The van der Waals surface area contributed by atoms with E-state index in [0.717, 1.165) is 42.4 Å². The number of quaternary nitrogens is 1. The van der Waals surface area contributed by atoms with Gasteiger partial charge in [0.25, 0.3) is 0 Å². The first-order valence-electron chi connectivity index (χ1n) is 10.7. The van der Waals surface area contributed by atoms with Gasteiger partial charge in [-0.05, 0) is 31.1 Å². The molecule has 30 heavy (non-hydrogen) atoms. The molecule has 1 aliphatic rings. The zero-order valence-corrected chi connectivity index (χ0v) is 17.8. The van der Waals surface area contributed by atoms with E-state index in [9.17, 15) is 9.90 Å². The Bertz CT molecular complexity index is 1120. The largest absolute Gasteiger partial charge is 0.872 e. The topological polar surface area (TPSA) is 58.7 Å². The van der Waals surface area contributed by atoms with Gasteiger partial charge < -0.3 is 19.3 Å². The number of benzene rings is 2. The van der Waals surface area contributed by atoms with Crippen molar-refractivity contribution in [2.45, 2.75) is 33.2 Å². The molecule has 156 valence electrons. The summed E-state index contributed by atoms with van der Waals surface area (Å²) in [5.41, 5.74) is 3.12. The van der Waals surface area contributed by atoms with Crippen molar-refractivity contribution in [2.24, 2.45) is 7.05 Å². The van der Waals surface area contributed by atoms with Crippen LogP contribution in [-0.2, 0) is 13.6 Å². The van der Waals surface area contributed by atoms with E-state index in [0.29, 0.717) is 23.4 Å². The fraction of sp³-hybridized carbons (Fsp3) is 0.320. The van der Waals surface area contributed by atoms with Gasteiger partial charge in [-0.1, -0.05) is 43.9 Å². The lowest BCUT2D eigenvalue weighted by molar-refractivity contribution is -0.914. The molecule has 0 amide bonds. The van der Waals surface area contributed by atoms with E-state index in [1.165, 1.54) is 11.0 Å². The monoisotopic (exact) mass is 404 g/mol. The molecule has 0 saturated carbocycles. The van der Waals surface area contributed by atoms with Crippen LogP contribution in [0.15, 0.2) is 48.4 Å². The van der Waals surface area contributed by atoms with Crippen molar-refractivity contribution in [1.29, 1.82) is 0 Å². The van der Waals surface area contributed by atoms with Crippen LogP contribution in [-0.4, -0.2) is 23.4 Å². The Hall–Kier alpha value is -3.05. The molecular formula is C25H28N2O3. The van der Waals surface area contributed by atoms with Crippen LogP contribution in [0.25, 0.3) is 17.0 Å². The number of hydrogen-bond acceptors (Lipinski definition) is 3. The molecule has 4 rings (SSSR count). The number of aryl methyl sites for hydroxylation is 1. The van der Waals surface area contributed by atoms with Gasteiger partial charge in [-0.25, -0.2) is 0 Å². The van der Waals surface area contributed by atoms with E-state index >= 15 is 0 Å². The van der Waals surface area contributed by atoms with Crippen LogP contribution in [0.2, 0.25) is 0 Å². The van der Waals surface area contributed by atoms with E-state index in [1.54, 1.807) is 12.1 Å². The summed E-state index contributed by atoms with van der Waals surface area (Å²) in [6.45, 7) is 6.86. The number of ether oxygens (including phenoxy) is 1. The first kappa shape index (κ1) is 20.2.